The van der Waals surface area contributed by atoms with Crippen molar-refractivity contribution in [1.82, 2.24) is 4.72 Å². The van der Waals surface area contributed by atoms with Crippen molar-refractivity contribution in [1.29, 1.82) is 0 Å². The smallest absolute Gasteiger partial charge is 0.244 e. The normalized spacial score (nSPS) is 11.9. The third-order valence-electron chi connectivity index (χ3n) is 4.24. The molecule has 1 N–H and O–H groups in total. The van der Waals surface area contributed by atoms with Crippen LogP contribution in [0.5, 0.6) is 17.2 Å². The molecule has 6 nitrogen and oxygen atoms in total. The van der Waals surface area contributed by atoms with Crippen molar-refractivity contribution in [3.05, 3.63) is 48.0 Å². The van der Waals surface area contributed by atoms with Gasteiger partial charge in [-0.1, -0.05) is 26.0 Å². The largest absolute Gasteiger partial charge is 0.497 e. The number of ether oxygens (including phenoxy) is 3. The number of rotatable bonds is 8. The third-order valence-corrected chi connectivity index (χ3v) is 5.66. The molecule has 7 heteroatoms. The molecular weight excluding hydrogens is 354 g/mol. The summed E-state index contributed by atoms with van der Waals surface area (Å²) in [6.45, 7) is 4.17. The molecule has 0 atom stereocenters. The maximum Gasteiger partial charge on any atom is 0.244 e. The van der Waals surface area contributed by atoms with Crippen LogP contribution >= 0.6 is 0 Å². The van der Waals surface area contributed by atoms with Crippen LogP contribution in [-0.2, 0) is 15.4 Å². The first kappa shape index (κ1) is 20.1. The van der Waals surface area contributed by atoms with Gasteiger partial charge in [-0.05, 0) is 29.8 Å². The second-order valence-electron chi connectivity index (χ2n) is 6.45. The predicted molar refractivity (Wildman–Crippen MR) is 101 cm³/mol. The predicted octanol–water partition coefficient (Wildman–Crippen LogP) is 2.97. The molecule has 0 aromatic heterocycles. The molecule has 2 aromatic carbocycles. The first-order valence-corrected chi connectivity index (χ1v) is 9.58. The molecule has 0 amide bonds. The van der Waals surface area contributed by atoms with Gasteiger partial charge in [0.2, 0.25) is 10.0 Å². The van der Waals surface area contributed by atoms with Gasteiger partial charge in [0.1, 0.15) is 22.1 Å². The van der Waals surface area contributed by atoms with Crippen molar-refractivity contribution in [3.8, 4) is 17.2 Å². The lowest BCUT2D eigenvalue weighted by Crippen LogP contribution is -2.36. The van der Waals surface area contributed by atoms with E-state index in [1.807, 2.05) is 38.1 Å². The molecule has 0 radical (unpaired) electrons. The minimum Gasteiger partial charge on any atom is -0.497 e. The van der Waals surface area contributed by atoms with Gasteiger partial charge < -0.3 is 14.2 Å². The minimum absolute atomic E-state index is 0.0462. The molecular formula is C19H25NO5S. The Morgan fingerprint density at radius 2 is 1.46 bits per heavy atom. The second-order valence-corrected chi connectivity index (χ2v) is 8.19. The van der Waals surface area contributed by atoms with Crippen LogP contribution in [-0.4, -0.2) is 36.3 Å². The molecule has 0 saturated heterocycles. The van der Waals surface area contributed by atoms with E-state index in [9.17, 15) is 8.42 Å². The fourth-order valence-electron chi connectivity index (χ4n) is 2.49. The molecule has 0 aliphatic rings. The summed E-state index contributed by atoms with van der Waals surface area (Å²) in [5, 5.41) is 0. The van der Waals surface area contributed by atoms with Crippen LogP contribution < -0.4 is 18.9 Å². The molecule has 0 aliphatic heterocycles. The summed E-state index contributed by atoms with van der Waals surface area (Å²) >= 11 is 0. The Labute approximate surface area is 155 Å². The average molecular weight is 379 g/mol. The SMILES string of the molecule is COc1ccc(C(C)(C)CNS(=O)(=O)c2cc(OC)ccc2OC)cc1. The molecule has 2 rings (SSSR count). The highest BCUT2D eigenvalue weighted by Crippen LogP contribution is 2.29. The van der Waals surface area contributed by atoms with Gasteiger partial charge in [-0.3, -0.25) is 0 Å². The molecule has 0 heterocycles. The summed E-state index contributed by atoms with van der Waals surface area (Å²) in [6, 6.07) is 12.2. The van der Waals surface area contributed by atoms with Crippen LogP contribution in [0.3, 0.4) is 0 Å². The Morgan fingerprint density at radius 3 is 2.00 bits per heavy atom. The fraction of sp³-hybridized carbons (Fsp3) is 0.368. The van der Waals surface area contributed by atoms with Crippen molar-refractivity contribution in [2.75, 3.05) is 27.9 Å². The molecule has 2 aromatic rings. The van der Waals surface area contributed by atoms with Crippen molar-refractivity contribution >= 4 is 10.0 Å². The van der Waals surface area contributed by atoms with Crippen molar-refractivity contribution in [2.45, 2.75) is 24.2 Å². The van der Waals surface area contributed by atoms with E-state index in [2.05, 4.69) is 4.72 Å². The van der Waals surface area contributed by atoms with E-state index < -0.39 is 15.4 Å². The lowest BCUT2D eigenvalue weighted by atomic mass is 9.85. The number of hydrogen-bond donors (Lipinski definition) is 1. The van der Waals surface area contributed by atoms with E-state index in [4.69, 9.17) is 14.2 Å². The van der Waals surface area contributed by atoms with Crippen LogP contribution in [0, 0.1) is 0 Å². The number of hydrogen-bond acceptors (Lipinski definition) is 5. The second kappa shape index (κ2) is 7.97. The van der Waals surface area contributed by atoms with Gasteiger partial charge in [0.25, 0.3) is 0 Å². The Balaban J connectivity index is 2.23. The first-order valence-electron chi connectivity index (χ1n) is 8.10. The summed E-state index contributed by atoms with van der Waals surface area (Å²) in [7, 11) is 0.755. The quantitative estimate of drug-likeness (QED) is 0.763. The third kappa shape index (κ3) is 4.47. The number of benzene rings is 2. The number of methoxy groups -OCH3 is 3. The van der Waals surface area contributed by atoms with Crippen LogP contribution in [0.4, 0.5) is 0 Å². The average Bonchev–Trinajstić information content (AvgIpc) is 2.66. The van der Waals surface area contributed by atoms with Gasteiger partial charge in [-0.25, -0.2) is 13.1 Å². The van der Waals surface area contributed by atoms with Crippen molar-refractivity contribution < 1.29 is 22.6 Å². The topological polar surface area (TPSA) is 73.9 Å². The van der Waals surface area contributed by atoms with E-state index in [1.54, 1.807) is 19.2 Å². The summed E-state index contributed by atoms with van der Waals surface area (Å²) in [5.74, 6) is 1.47. The van der Waals surface area contributed by atoms with Gasteiger partial charge in [-0.2, -0.15) is 0 Å². The Hall–Kier alpha value is -2.25. The highest BCUT2D eigenvalue weighted by atomic mass is 32.2. The van der Waals surface area contributed by atoms with E-state index in [1.165, 1.54) is 20.3 Å². The Kier molecular flexibility index (Phi) is 6.15. The lowest BCUT2D eigenvalue weighted by Gasteiger charge is -2.26. The monoisotopic (exact) mass is 379 g/mol. The standard InChI is InChI=1S/C19H25NO5S/c1-19(2,14-6-8-15(23-3)9-7-14)13-20-26(21,22)18-12-16(24-4)10-11-17(18)25-5/h6-12,20H,13H2,1-5H3. The summed E-state index contributed by atoms with van der Waals surface area (Å²) < 4.78 is 43.7. The van der Waals surface area contributed by atoms with Gasteiger partial charge in [0.15, 0.2) is 0 Å². The lowest BCUT2D eigenvalue weighted by molar-refractivity contribution is 0.391. The first-order chi connectivity index (χ1) is 12.2. The van der Waals surface area contributed by atoms with Gasteiger partial charge >= 0.3 is 0 Å². The molecule has 142 valence electrons. The molecule has 0 saturated carbocycles. The van der Waals surface area contributed by atoms with Gasteiger partial charge in [0, 0.05) is 18.0 Å². The maximum absolute atomic E-state index is 12.8. The zero-order chi connectivity index (χ0) is 19.4. The molecule has 0 aliphatic carbocycles. The Morgan fingerprint density at radius 1 is 0.885 bits per heavy atom. The number of sulfonamides is 1. The van der Waals surface area contributed by atoms with E-state index >= 15 is 0 Å². The zero-order valence-corrected chi connectivity index (χ0v) is 16.5. The van der Waals surface area contributed by atoms with E-state index in [0.29, 0.717) is 5.75 Å². The molecule has 0 unspecified atom stereocenters. The molecule has 26 heavy (non-hydrogen) atoms. The molecule has 0 bridgehead atoms. The van der Waals surface area contributed by atoms with Gasteiger partial charge in [0.05, 0.1) is 21.3 Å². The number of nitrogens with one attached hydrogen (secondary N) is 1. The molecule has 0 fully saturated rings. The van der Waals surface area contributed by atoms with Crippen molar-refractivity contribution in [3.63, 3.8) is 0 Å². The van der Waals surface area contributed by atoms with Gasteiger partial charge in [-0.15, -0.1) is 0 Å². The highest BCUT2D eigenvalue weighted by molar-refractivity contribution is 7.89. The molecule has 0 spiro atoms. The Bertz CT molecular complexity index is 845. The van der Waals surface area contributed by atoms with E-state index in [-0.39, 0.29) is 17.2 Å². The fourth-order valence-corrected chi connectivity index (χ4v) is 3.89. The highest BCUT2D eigenvalue weighted by Gasteiger charge is 2.26. The van der Waals surface area contributed by atoms with Crippen LogP contribution in [0.15, 0.2) is 47.4 Å². The summed E-state index contributed by atoms with van der Waals surface area (Å²) in [4.78, 5) is 0.0462. The van der Waals surface area contributed by atoms with Crippen LogP contribution in [0.2, 0.25) is 0 Å². The van der Waals surface area contributed by atoms with Crippen LogP contribution in [0.25, 0.3) is 0 Å². The van der Waals surface area contributed by atoms with Crippen molar-refractivity contribution in [2.24, 2.45) is 0 Å². The van der Waals surface area contributed by atoms with Crippen LogP contribution in [0.1, 0.15) is 19.4 Å². The zero-order valence-electron chi connectivity index (χ0n) is 15.7. The van der Waals surface area contributed by atoms with E-state index in [0.717, 1.165) is 11.3 Å². The summed E-state index contributed by atoms with van der Waals surface area (Å²) in [5.41, 5.74) is 0.587. The minimum atomic E-state index is -3.77. The summed E-state index contributed by atoms with van der Waals surface area (Å²) in [6.07, 6.45) is 0. The maximum atomic E-state index is 12.8.